The van der Waals surface area contributed by atoms with Crippen LogP contribution in [-0.2, 0) is 14.8 Å². The van der Waals surface area contributed by atoms with Crippen molar-refractivity contribution < 1.29 is 13.2 Å². The average Bonchev–Trinajstić information content (AvgIpc) is 2.79. The van der Waals surface area contributed by atoms with Crippen molar-refractivity contribution in [1.29, 1.82) is 5.41 Å². The summed E-state index contributed by atoms with van der Waals surface area (Å²) in [5.74, 6) is -0.226. The number of hydrogen-bond acceptors (Lipinski definition) is 5. The van der Waals surface area contributed by atoms with Gasteiger partial charge in [0, 0.05) is 29.0 Å². The van der Waals surface area contributed by atoms with E-state index in [0.29, 0.717) is 28.9 Å². The Morgan fingerprint density at radius 3 is 2.36 bits per heavy atom. The number of amides is 1. The summed E-state index contributed by atoms with van der Waals surface area (Å²) in [6, 6.07) is 20.7. The zero-order valence-corrected chi connectivity index (χ0v) is 19.1. The quantitative estimate of drug-likeness (QED) is 0.284. The lowest BCUT2D eigenvalue weighted by molar-refractivity contribution is -0.115. The molecule has 6 N–H and O–H groups in total. The SMILES string of the molecule is CCCN(CC(=O)Nc1ccc(-c2ccccc2S(N)(=O)=O)cc1)c1cccc(C(=N)N)c1. The molecule has 3 aromatic rings. The fourth-order valence-electron chi connectivity index (χ4n) is 3.50. The highest BCUT2D eigenvalue weighted by atomic mass is 32.2. The summed E-state index contributed by atoms with van der Waals surface area (Å²) in [7, 11) is -3.86. The van der Waals surface area contributed by atoms with Gasteiger partial charge in [0.2, 0.25) is 15.9 Å². The third kappa shape index (κ3) is 6.18. The molecule has 0 bridgehead atoms. The number of carbonyl (C=O) groups excluding carboxylic acids is 1. The minimum atomic E-state index is -3.86. The molecule has 0 aliphatic carbocycles. The Hall–Kier alpha value is -3.69. The van der Waals surface area contributed by atoms with E-state index in [-0.39, 0.29) is 23.2 Å². The normalized spacial score (nSPS) is 11.1. The molecular formula is C24H27N5O3S. The van der Waals surface area contributed by atoms with Crippen LogP contribution in [0.15, 0.2) is 77.7 Å². The van der Waals surface area contributed by atoms with Gasteiger partial charge in [-0.1, -0.05) is 49.4 Å². The zero-order valence-electron chi connectivity index (χ0n) is 18.3. The van der Waals surface area contributed by atoms with Crippen molar-refractivity contribution >= 4 is 33.1 Å². The molecule has 3 aromatic carbocycles. The maximum atomic E-state index is 12.7. The van der Waals surface area contributed by atoms with Crippen molar-refractivity contribution in [3.63, 3.8) is 0 Å². The Balaban J connectivity index is 1.74. The van der Waals surface area contributed by atoms with E-state index in [1.807, 2.05) is 24.0 Å². The average molecular weight is 466 g/mol. The summed E-state index contributed by atoms with van der Waals surface area (Å²) in [4.78, 5) is 14.7. The van der Waals surface area contributed by atoms with Crippen LogP contribution in [0, 0.1) is 5.41 Å². The van der Waals surface area contributed by atoms with Gasteiger partial charge in [-0.2, -0.15) is 0 Å². The molecule has 8 nitrogen and oxygen atoms in total. The van der Waals surface area contributed by atoms with Gasteiger partial charge in [0.1, 0.15) is 5.84 Å². The number of sulfonamides is 1. The van der Waals surface area contributed by atoms with E-state index in [9.17, 15) is 13.2 Å². The van der Waals surface area contributed by atoms with Crippen molar-refractivity contribution in [1.82, 2.24) is 0 Å². The second-order valence-electron chi connectivity index (χ2n) is 7.55. The maximum Gasteiger partial charge on any atom is 0.243 e. The summed E-state index contributed by atoms with van der Waals surface area (Å²) in [5, 5.41) is 15.8. The molecule has 0 aromatic heterocycles. The van der Waals surface area contributed by atoms with Crippen molar-refractivity contribution in [2.45, 2.75) is 18.2 Å². The third-order valence-electron chi connectivity index (χ3n) is 5.02. The molecule has 172 valence electrons. The fourth-order valence-corrected chi connectivity index (χ4v) is 4.26. The molecular weight excluding hydrogens is 438 g/mol. The molecule has 1 amide bonds. The molecule has 0 radical (unpaired) electrons. The summed E-state index contributed by atoms with van der Waals surface area (Å²) in [6.45, 7) is 2.82. The minimum absolute atomic E-state index is 0.0261. The molecule has 3 rings (SSSR count). The number of nitrogen functional groups attached to an aromatic ring is 1. The van der Waals surface area contributed by atoms with E-state index in [1.165, 1.54) is 6.07 Å². The van der Waals surface area contributed by atoms with Gasteiger partial charge in [-0.25, -0.2) is 13.6 Å². The smallest absolute Gasteiger partial charge is 0.243 e. The summed E-state index contributed by atoms with van der Waals surface area (Å²) in [6.07, 6.45) is 0.843. The number of carbonyl (C=O) groups is 1. The first-order valence-electron chi connectivity index (χ1n) is 10.4. The number of amidine groups is 1. The maximum absolute atomic E-state index is 12.7. The Kier molecular flexibility index (Phi) is 7.47. The van der Waals surface area contributed by atoms with Crippen LogP contribution < -0.4 is 21.1 Å². The summed E-state index contributed by atoms with van der Waals surface area (Å²) >= 11 is 0. The van der Waals surface area contributed by atoms with Crippen molar-refractivity contribution in [3.05, 3.63) is 78.4 Å². The van der Waals surface area contributed by atoms with Crippen LogP contribution in [0.3, 0.4) is 0 Å². The zero-order chi connectivity index (χ0) is 24.0. The Morgan fingerprint density at radius 2 is 1.73 bits per heavy atom. The molecule has 0 heterocycles. The Labute approximate surface area is 193 Å². The number of anilines is 2. The van der Waals surface area contributed by atoms with E-state index in [4.69, 9.17) is 16.3 Å². The standard InChI is InChI=1S/C24H27N5O3S/c1-2-14-29(20-7-5-6-18(15-20)24(25)26)16-23(30)28-19-12-10-17(11-13-19)21-8-3-4-9-22(21)33(27,31)32/h3-13,15H,2,14,16H2,1H3,(H3,25,26)(H,28,30)(H2,27,31,32). The molecule has 0 saturated heterocycles. The molecule has 0 unspecified atom stereocenters. The number of rotatable bonds is 9. The number of nitrogens with two attached hydrogens (primary N) is 2. The highest BCUT2D eigenvalue weighted by Crippen LogP contribution is 2.27. The first-order valence-corrected chi connectivity index (χ1v) is 11.9. The van der Waals surface area contributed by atoms with Crippen LogP contribution in [0.4, 0.5) is 11.4 Å². The lowest BCUT2D eigenvalue weighted by atomic mass is 10.1. The monoisotopic (exact) mass is 465 g/mol. The number of benzene rings is 3. The van der Waals surface area contributed by atoms with E-state index in [2.05, 4.69) is 5.32 Å². The topological polar surface area (TPSA) is 142 Å². The molecule has 0 aliphatic rings. The molecule has 0 fully saturated rings. The van der Waals surface area contributed by atoms with E-state index in [1.54, 1.807) is 54.6 Å². The highest BCUT2D eigenvalue weighted by Gasteiger charge is 2.15. The van der Waals surface area contributed by atoms with E-state index >= 15 is 0 Å². The molecule has 33 heavy (non-hydrogen) atoms. The Morgan fingerprint density at radius 1 is 1.03 bits per heavy atom. The lowest BCUT2D eigenvalue weighted by Crippen LogP contribution is -2.34. The number of nitrogens with one attached hydrogen (secondary N) is 2. The first kappa shape index (κ1) is 24.0. The summed E-state index contributed by atoms with van der Waals surface area (Å²) < 4.78 is 23.7. The van der Waals surface area contributed by atoms with Gasteiger partial charge < -0.3 is 16.0 Å². The van der Waals surface area contributed by atoms with Gasteiger partial charge in [0.15, 0.2) is 0 Å². The molecule has 0 aliphatic heterocycles. The second-order valence-corrected chi connectivity index (χ2v) is 9.08. The predicted molar refractivity (Wildman–Crippen MR) is 132 cm³/mol. The lowest BCUT2D eigenvalue weighted by Gasteiger charge is -2.24. The van der Waals surface area contributed by atoms with Gasteiger partial charge in [-0.3, -0.25) is 10.2 Å². The van der Waals surface area contributed by atoms with Gasteiger partial charge in [-0.15, -0.1) is 0 Å². The van der Waals surface area contributed by atoms with Crippen LogP contribution >= 0.6 is 0 Å². The largest absolute Gasteiger partial charge is 0.384 e. The first-order chi connectivity index (χ1) is 15.7. The Bertz CT molecular complexity index is 1260. The fraction of sp³-hybridized carbons (Fsp3) is 0.167. The number of hydrogen-bond donors (Lipinski definition) is 4. The van der Waals surface area contributed by atoms with Crippen LogP contribution in [0.1, 0.15) is 18.9 Å². The van der Waals surface area contributed by atoms with Crippen LogP contribution in [0.2, 0.25) is 0 Å². The second kappa shape index (κ2) is 10.3. The van der Waals surface area contributed by atoms with Crippen LogP contribution in [-0.4, -0.2) is 33.3 Å². The van der Waals surface area contributed by atoms with Crippen molar-refractivity contribution in [2.75, 3.05) is 23.3 Å². The van der Waals surface area contributed by atoms with Crippen LogP contribution in [0.5, 0.6) is 0 Å². The molecule has 0 saturated carbocycles. The summed E-state index contributed by atoms with van der Waals surface area (Å²) in [5.41, 5.74) is 8.77. The number of nitrogens with zero attached hydrogens (tertiary/aromatic N) is 1. The minimum Gasteiger partial charge on any atom is -0.384 e. The van der Waals surface area contributed by atoms with Gasteiger partial charge in [0.25, 0.3) is 0 Å². The third-order valence-corrected chi connectivity index (χ3v) is 5.99. The van der Waals surface area contributed by atoms with E-state index < -0.39 is 10.0 Å². The molecule has 0 spiro atoms. The van der Waals surface area contributed by atoms with Crippen molar-refractivity contribution in [2.24, 2.45) is 10.9 Å². The highest BCUT2D eigenvalue weighted by molar-refractivity contribution is 7.89. The number of primary sulfonamides is 1. The molecule has 9 heteroatoms. The molecule has 0 atom stereocenters. The van der Waals surface area contributed by atoms with Gasteiger partial charge >= 0.3 is 0 Å². The predicted octanol–water partition coefficient (Wildman–Crippen LogP) is 3.14. The van der Waals surface area contributed by atoms with E-state index in [0.717, 1.165) is 12.1 Å². The van der Waals surface area contributed by atoms with Crippen LogP contribution in [0.25, 0.3) is 11.1 Å². The van der Waals surface area contributed by atoms with Crippen molar-refractivity contribution in [3.8, 4) is 11.1 Å². The van der Waals surface area contributed by atoms with Gasteiger partial charge in [-0.05, 0) is 42.3 Å². The van der Waals surface area contributed by atoms with Gasteiger partial charge in [0.05, 0.1) is 11.4 Å².